The van der Waals surface area contributed by atoms with Crippen LogP contribution in [0.15, 0.2) is 60.9 Å². The summed E-state index contributed by atoms with van der Waals surface area (Å²) in [5.41, 5.74) is 8.50. The molecule has 7 heteroatoms. The summed E-state index contributed by atoms with van der Waals surface area (Å²) in [7, 11) is 0. The normalized spacial score (nSPS) is 10.6. The Bertz CT molecular complexity index is 862. The van der Waals surface area contributed by atoms with Gasteiger partial charge < -0.3 is 10.3 Å². The predicted octanol–water partition coefficient (Wildman–Crippen LogP) is 3.06. The first-order valence-corrected chi connectivity index (χ1v) is 8.06. The molecule has 126 valence electrons. The average molecular weight is 352 g/mol. The number of non-ortho nitro benzene ring substituents is 1. The Labute approximate surface area is 150 Å². The molecular weight excluding hydrogens is 336 g/mol. The molecule has 0 unspecified atom stereocenters. The second kappa shape index (κ2) is 7.23. The molecule has 0 bridgehead atoms. The van der Waals surface area contributed by atoms with Gasteiger partial charge in [0.1, 0.15) is 10.8 Å². The fraction of sp³-hybridized carbons (Fsp3) is 0.111. The Balaban J connectivity index is 1.81. The number of imidazole rings is 1. The Morgan fingerprint density at radius 2 is 1.96 bits per heavy atom. The first kappa shape index (κ1) is 16.8. The highest BCUT2D eigenvalue weighted by atomic mass is 32.1. The second-order valence-electron chi connectivity index (χ2n) is 5.64. The number of thiocarbonyl (C=S) groups is 1. The number of benzene rings is 2. The predicted molar refractivity (Wildman–Crippen MR) is 99.6 cm³/mol. The van der Waals surface area contributed by atoms with Crippen molar-refractivity contribution in [2.45, 2.75) is 13.0 Å². The number of nitro groups is 1. The van der Waals surface area contributed by atoms with Gasteiger partial charge in [-0.2, -0.15) is 0 Å². The van der Waals surface area contributed by atoms with Crippen molar-refractivity contribution >= 4 is 22.9 Å². The monoisotopic (exact) mass is 352 g/mol. The van der Waals surface area contributed by atoms with E-state index >= 15 is 0 Å². The lowest BCUT2D eigenvalue weighted by Gasteiger charge is -2.09. The third kappa shape index (κ3) is 4.07. The molecule has 0 saturated heterocycles. The molecule has 0 amide bonds. The van der Waals surface area contributed by atoms with E-state index in [0.29, 0.717) is 18.0 Å². The molecular formula is C18H16N4O2S. The summed E-state index contributed by atoms with van der Waals surface area (Å²) in [5.74, 6) is 0.834. The zero-order chi connectivity index (χ0) is 17.8. The van der Waals surface area contributed by atoms with Gasteiger partial charge in [0.25, 0.3) is 5.69 Å². The van der Waals surface area contributed by atoms with Gasteiger partial charge in [-0.05, 0) is 17.2 Å². The van der Waals surface area contributed by atoms with Crippen molar-refractivity contribution in [2.24, 2.45) is 5.73 Å². The molecule has 0 radical (unpaired) electrons. The Kier molecular flexibility index (Phi) is 4.85. The highest BCUT2D eigenvalue weighted by molar-refractivity contribution is 7.80. The van der Waals surface area contributed by atoms with Crippen molar-refractivity contribution in [3.63, 3.8) is 0 Å². The SMILES string of the molecule is NC(=S)c1cccc(Cn2ccnc2Cc2cccc([N+](=O)[O-])c2)c1. The summed E-state index contributed by atoms with van der Waals surface area (Å²) >= 11 is 5.02. The van der Waals surface area contributed by atoms with Gasteiger partial charge in [0.2, 0.25) is 0 Å². The van der Waals surface area contributed by atoms with Crippen LogP contribution in [0.5, 0.6) is 0 Å². The third-order valence-corrected chi connectivity index (χ3v) is 4.09. The quantitative estimate of drug-likeness (QED) is 0.418. The van der Waals surface area contributed by atoms with Crippen molar-refractivity contribution in [1.29, 1.82) is 0 Å². The first-order chi connectivity index (χ1) is 12.0. The molecule has 1 aromatic heterocycles. The molecule has 2 aromatic carbocycles. The van der Waals surface area contributed by atoms with Gasteiger partial charge in [-0.3, -0.25) is 10.1 Å². The highest BCUT2D eigenvalue weighted by Gasteiger charge is 2.10. The van der Waals surface area contributed by atoms with Crippen LogP contribution in [0.4, 0.5) is 5.69 Å². The average Bonchev–Trinajstić information content (AvgIpc) is 3.02. The zero-order valence-electron chi connectivity index (χ0n) is 13.3. The van der Waals surface area contributed by atoms with Crippen molar-refractivity contribution < 1.29 is 4.92 Å². The standard InChI is InChI=1S/C18H16N4O2S/c19-18(25)15-5-1-4-14(9-15)12-21-8-7-20-17(21)11-13-3-2-6-16(10-13)22(23)24/h1-10H,11-12H2,(H2,19,25). The van der Waals surface area contributed by atoms with Crippen LogP contribution in [0.3, 0.4) is 0 Å². The van der Waals surface area contributed by atoms with Crippen molar-refractivity contribution in [1.82, 2.24) is 9.55 Å². The molecule has 0 aliphatic rings. The molecule has 0 aliphatic carbocycles. The third-order valence-electron chi connectivity index (χ3n) is 3.85. The van der Waals surface area contributed by atoms with Crippen LogP contribution < -0.4 is 5.73 Å². The number of nitro benzene ring substituents is 1. The minimum absolute atomic E-state index is 0.0831. The zero-order valence-corrected chi connectivity index (χ0v) is 14.1. The van der Waals surface area contributed by atoms with E-state index in [0.717, 1.165) is 22.5 Å². The largest absolute Gasteiger partial charge is 0.389 e. The summed E-state index contributed by atoms with van der Waals surface area (Å²) in [6, 6.07) is 14.4. The molecule has 6 nitrogen and oxygen atoms in total. The van der Waals surface area contributed by atoms with E-state index < -0.39 is 4.92 Å². The molecule has 0 atom stereocenters. The summed E-state index contributed by atoms with van der Waals surface area (Å²) in [5, 5.41) is 10.9. The lowest BCUT2D eigenvalue weighted by molar-refractivity contribution is -0.384. The molecule has 2 N–H and O–H groups in total. The van der Waals surface area contributed by atoms with E-state index in [2.05, 4.69) is 4.98 Å². The summed E-state index contributed by atoms with van der Waals surface area (Å²) < 4.78 is 2.01. The van der Waals surface area contributed by atoms with Crippen LogP contribution in [0.2, 0.25) is 0 Å². The number of hydrogen-bond donors (Lipinski definition) is 1. The number of rotatable bonds is 6. The topological polar surface area (TPSA) is 87.0 Å². The number of nitrogens with zero attached hydrogens (tertiary/aromatic N) is 3. The molecule has 3 aromatic rings. The number of hydrogen-bond acceptors (Lipinski definition) is 4. The summed E-state index contributed by atoms with van der Waals surface area (Å²) in [6.45, 7) is 0.626. The van der Waals surface area contributed by atoms with Crippen LogP contribution in [-0.4, -0.2) is 19.5 Å². The van der Waals surface area contributed by atoms with Gasteiger partial charge in [0.05, 0.1) is 4.92 Å². The van der Waals surface area contributed by atoms with Gasteiger partial charge in [-0.25, -0.2) is 4.98 Å². The lowest BCUT2D eigenvalue weighted by atomic mass is 10.1. The first-order valence-electron chi connectivity index (χ1n) is 7.65. The van der Waals surface area contributed by atoms with E-state index in [-0.39, 0.29) is 5.69 Å². The van der Waals surface area contributed by atoms with Crippen LogP contribution >= 0.6 is 12.2 Å². The molecule has 0 fully saturated rings. The highest BCUT2D eigenvalue weighted by Crippen LogP contribution is 2.17. The Morgan fingerprint density at radius 1 is 1.20 bits per heavy atom. The van der Waals surface area contributed by atoms with Gasteiger partial charge in [0.15, 0.2) is 0 Å². The van der Waals surface area contributed by atoms with Gasteiger partial charge in [-0.15, -0.1) is 0 Å². The fourth-order valence-corrected chi connectivity index (χ4v) is 2.76. The van der Waals surface area contributed by atoms with Gasteiger partial charge in [-0.1, -0.05) is 42.5 Å². The molecule has 0 saturated carbocycles. The van der Waals surface area contributed by atoms with Crippen LogP contribution in [-0.2, 0) is 13.0 Å². The molecule has 3 rings (SSSR count). The maximum atomic E-state index is 10.9. The molecule has 0 spiro atoms. The van der Waals surface area contributed by atoms with E-state index in [1.165, 1.54) is 6.07 Å². The maximum absolute atomic E-state index is 10.9. The fourth-order valence-electron chi connectivity index (χ4n) is 2.63. The smallest absolute Gasteiger partial charge is 0.269 e. The number of aromatic nitrogens is 2. The van der Waals surface area contributed by atoms with Crippen molar-refractivity contribution in [3.05, 3.63) is 93.6 Å². The van der Waals surface area contributed by atoms with E-state index in [1.807, 2.05) is 41.1 Å². The van der Waals surface area contributed by atoms with E-state index in [4.69, 9.17) is 18.0 Å². The second-order valence-corrected chi connectivity index (χ2v) is 6.08. The van der Waals surface area contributed by atoms with Gasteiger partial charge >= 0.3 is 0 Å². The minimum Gasteiger partial charge on any atom is -0.389 e. The Morgan fingerprint density at radius 3 is 2.72 bits per heavy atom. The van der Waals surface area contributed by atoms with Crippen LogP contribution in [0.1, 0.15) is 22.5 Å². The molecule has 1 heterocycles. The maximum Gasteiger partial charge on any atom is 0.269 e. The van der Waals surface area contributed by atoms with Crippen LogP contribution in [0.25, 0.3) is 0 Å². The number of nitrogens with two attached hydrogens (primary N) is 1. The van der Waals surface area contributed by atoms with Gasteiger partial charge in [0, 0.05) is 43.1 Å². The lowest BCUT2D eigenvalue weighted by Crippen LogP contribution is -2.10. The molecule has 25 heavy (non-hydrogen) atoms. The Hall–Kier alpha value is -3.06. The summed E-state index contributed by atoms with van der Waals surface area (Å²) in [4.78, 5) is 15.3. The minimum atomic E-state index is -0.392. The van der Waals surface area contributed by atoms with Crippen LogP contribution in [0, 0.1) is 10.1 Å². The van der Waals surface area contributed by atoms with Crippen molar-refractivity contribution in [2.75, 3.05) is 0 Å². The van der Waals surface area contributed by atoms with E-state index in [9.17, 15) is 10.1 Å². The van der Waals surface area contributed by atoms with Crippen molar-refractivity contribution in [3.8, 4) is 0 Å². The molecule has 0 aliphatic heterocycles. The van der Waals surface area contributed by atoms with E-state index in [1.54, 1.807) is 18.3 Å². The summed E-state index contributed by atoms with van der Waals surface area (Å²) in [6.07, 6.45) is 4.13.